The molecule has 1 aliphatic heterocycles. The first kappa shape index (κ1) is 11.6. The first-order valence-corrected chi connectivity index (χ1v) is 7.08. The highest BCUT2D eigenvalue weighted by atomic mass is 32.1. The number of anilines is 1. The topological polar surface area (TPSA) is 41.9 Å². The van der Waals surface area contributed by atoms with Crippen LogP contribution >= 0.6 is 11.3 Å². The maximum absolute atomic E-state index is 4.48. The molecule has 0 aliphatic carbocycles. The quantitative estimate of drug-likeness (QED) is 0.832. The lowest BCUT2D eigenvalue weighted by Crippen LogP contribution is -2.41. The molecule has 3 rings (SSSR count). The van der Waals surface area contributed by atoms with Gasteiger partial charge in [0.25, 0.3) is 0 Å². The van der Waals surface area contributed by atoms with Crippen molar-refractivity contribution in [1.82, 2.24) is 15.0 Å². The maximum atomic E-state index is 4.48. The van der Waals surface area contributed by atoms with Gasteiger partial charge in [0.05, 0.1) is 5.01 Å². The van der Waals surface area contributed by atoms with Crippen LogP contribution < -0.4 is 4.90 Å². The van der Waals surface area contributed by atoms with Crippen LogP contribution in [0.2, 0.25) is 0 Å². The second-order valence-corrected chi connectivity index (χ2v) is 5.83. The molecule has 2 aromatic heterocycles. The third-order valence-corrected chi connectivity index (χ3v) is 4.73. The van der Waals surface area contributed by atoms with Gasteiger partial charge >= 0.3 is 0 Å². The molecule has 0 unspecified atom stereocenters. The molecule has 0 bridgehead atoms. The van der Waals surface area contributed by atoms with Gasteiger partial charge in [-0.2, -0.15) is 0 Å². The lowest BCUT2D eigenvalue weighted by Gasteiger charge is -2.38. The summed E-state index contributed by atoms with van der Waals surface area (Å²) in [6.07, 6.45) is 7.73. The lowest BCUT2D eigenvalue weighted by molar-refractivity contribution is 0.358. The van der Waals surface area contributed by atoms with Gasteiger partial charge in [-0.25, -0.2) is 15.0 Å². The first-order valence-electron chi connectivity index (χ1n) is 6.20. The zero-order chi connectivity index (χ0) is 12.4. The Balaban J connectivity index is 1.72. The van der Waals surface area contributed by atoms with Crippen molar-refractivity contribution in [3.05, 3.63) is 35.0 Å². The van der Waals surface area contributed by atoms with Gasteiger partial charge in [0, 0.05) is 42.5 Å². The normalized spacial score (nSPS) is 18.8. The molecule has 0 N–H and O–H groups in total. The fourth-order valence-corrected chi connectivity index (χ4v) is 3.25. The van der Waals surface area contributed by atoms with E-state index >= 15 is 0 Å². The van der Waals surface area contributed by atoms with Crippen LogP contribution in [0, 0.1) is 0 Å². The molecule has 0 aromatic carbocycles. The molecule has 0 spiro atoms. The Kier molecular flexibility index (Phi) is 2.99. The monoisotopic (exact) mass is 260 g/mol. The average molecular weight is 260 g/mol. The molecule has 0 saturated carbocycles. The largest absolute Gasteiger partial charge is 0.341 e. The number of thiazole rings is 1. The van der Waals surface area contributed by atoms with Crippen molar-refractivity contribution in [2.75, 3.05) is 18.0 Å². The third kappa shape index (κ3) is 2.10. The Morgan fingerprint density at radius 3 is 2.44 bits per heavy atom. The van der Waals surface area contributed by atoms with Crippen molar-refractivity contribution in [3.63, 3.8) is 0 Å². The van der Waals surface area contributed by atoms with E-state index in [0.29, 0.717) is 0 Å². The van der Waals surface area contributed by atoms with Gasteiger partial charge < -0.3 is 4.90 Å². The van der Waals surface area contributed by atoms with Crippen LogP contribution in [0.25, 0.3) is 0 Å². The molecule has 0 amide bonds. The van der Waals surface area contributed by atoms with E-state index in [1.807, 2.05) is 12.3 Å². The highest BCUT2D eigenvalue weighted by molar-refractivity contribution is 7.09. The zero-order valence-corrected chi connectivity index (χ0v) is 11.2. The first-order chi connectivity index (χ1) is 8.78. The number of hydrogen-bond donors (Lipinski definition) is 0. The van der Waals surface area contributed by atoms with Crippen molar-refractivity contribution in [1.29, 1.82) is 0 Å². The fraction of sp³-hybridized carbons (Fsp3) is 0.462. The van der Waals surface area contributed by atoms with Crippen LogP contribution in [-0.2, 0) is 5.41 Å². The van der Waals surface area contributed by atoms with Gasteiger partial charge in [-0.05, 0) is 18.9 Å². The van der Waals surface area contributed by atoms with Gasteiger partial charge in [-0.1, -0.05) is 6.92 Å². The Labute approximate surface area is 111 Å². The smallest absolute Gasteiger partial charge is 0.225 e. The van der Waals surface area contributed by atoms with E-state index in [9.17, 15) is 0 Å². The summed E-state index contributed by atoms with van der Waals surface area (Å²) in [5, 5.41) is 3.32. The van der Waals surface area contributed by atoms with Gasteiger partial charge in [-0.3, -0.25) is 0 Å². The Morgan fingerprint density at radius 1 is 1.11 bits per heavy atom. The van der Waals surface area contributed by atoms with Crippen LogP contribution in [0.15, 0.2) is 30.0 Å². The van der Waals surface area contributed by atoms with E-state index in [2.05, 4.69) is 32.2 Å². The molecule has 94 valence electrons. The molecule has 2 aromatic rings. The molecule has 4 nitrogen and oxygen atoms in total. The number of nitrogens with zero attached hydrogens (tertiary/aromatic N) is 4. The number of piperidine rings is 1. The Morgan fingerprint density at radius 2 is 1.83 bits per heavy atom. The van der Waals surface area contributed by atoms with E-state index in [1.165, 1.54) is 5.01 Å². The van der Waals surface area contributed by atoms with E-state index in [4.69, 9.17) is 0 Å². The second kappa shape index (κ2) is 4.65. The maximum Gasteiger partial charge on any atom is 0.225 e. The molecule has 18 heavy (non-hydrogen) atoms. The van der Waals surface area contributed by atoms with Crippen LogP contribution in [0.5, 0.6) is 0 Å². The Hall–Kier alpha value is -1.49. The van der Waals surface area contributed by atoms with Crippen LogP contribution in [-0.4, -0.2) is 28.0 Å². The van der Waals surface area contributed by atoms with Crippen LogP contribution in [0.4, 0.5) is 5.95 Å². The molecular weight excluding hydrogens is 244 g/mol. The Bertz CT molecular complexity index is 489. The lowest BCUT2D eigenvalue weighted by atomic mass is 9.81. The minimum absolute atomic E-state index is 0.222. The predicted molar refractivity (Wildman–Crippen MR) is 72.9 cm³/mol. The SMILES string of the molecule is CC1(c2nccs2)CCN(c2ncccn2)CC1. The molecule has 1 aliphatic rings. The van der Waals surface area contributed by atoms with E-state index in [-0.39, 0.29) is 5.41 Å². The summed E-state index contributed by atoms with van der Waals surface area (Å²) in [6.45, 7) is 4.31. The average Bonchev–Trinajstić information content (AvgIpc) is 2.95. The van der Waals surface area contributed by atoms with E-state index < -0.39 is 0 Å². The van der Waals surface area contributed by atoms with Gasteiger partial charge in [0.1, 0.15) is 0 Å². The van der Waals surface area contributed by atoms with Crippen molar-refractivity contribution in [2.45, 2.75) is 25.2 Å². The molecule has 3 heterocycles. The van der Waals surface area contributed by atoms with E-state index in [1.54, 1.807) is 23.7 Å². The number of rotatable bonds is 2. The summed E-state index contributed by atoms with van der Waals surface area (Å²) < 4.78 is 0. The fourth-order valence-electron chi connectivity index (χ4n) is 2.39. The van der Waals surface area contributed by atoms with Crippen LogP contribution in [0.1, 0.15) is 24.8 Å². The van der Waals surface area contributed by atoms with Crippen molar-refractivity contribution in [3.8, 4) is 0 Å². The summed E-state index contributed by atoms with van der Waals surface area (Å²) in [5.41, 5.74) is 0.222. The summed E-state index contributed by atoms with van der Waals surface area (Å²) >= 11 is 1.76. The highest BCUT2D eigenvalue weighted by Crippen LogP contribution is 2.36. The van der Waals surface area contributed by atoms with Gasteiger partial charge in [0.15, 0.2) is 0 Å². The van der Waals surface area contributed by atoms with Crippen molar-refractivity contribution < 1.29 is 0 Å². The van der Waals surface area contributed by atoms with Gasteiger partial charge in [0.2, 0.25) is 5.95 Å². The number of aromatic nitrogens is 3. The highest BCUT2D eigenvalue weighted by Gasteiger charge is 2.34. The van der Waals surface area contributed by atoms with Crippen molar-refractivity contribution >= 4 is 17.3 Å². The van der Waals surface area contributed by atoms with E-state index in [0.717, 1.165) is 31.9 Å². The molecule has 0 atom stereocenters. The summed E-state index contributed by atoms with van der Waals surface area (Å²) in [5.74, 6) is 0.846. The van der Waals surface area contributed by atoms with Crippen LogP contribution in [0.3, 0.4) is 0 Å². The minimum Gasteiger partial charge on any atom is -0.341 e. The molecule has 5 heteroatoms. The molecule has 1 saturated heterocycles. The zero-order valence-electron chi connectivity index (χ0n) is 10.4. The summed E-state index contributed by atoms with van der Waals surface area (Å²) in [6, 6.07) is 1.85. The summed E-state index contributed by atoms with van der Waals surface area (Å²) in [7, 11) is 0. The van der Waals surface area contributed by atoms with Crippen molar-refractivity contribution in [2.24, 2.45) is 0 Å². The van der Waals surface area contributed by atoms with Gasteiger partial charge in [-0.15, -0.1) is 11.3 Å². The second-order valence-electron chi connectivity index (χ2n) is 4.93. The number of hydrogen-bond acceptors (Lipinski definition) is 5. The minimum atomic E-state index is 0.222. The molecule has 0 radical (unpaired) electrons. The third-order valence-electron chi connectivity index (χ3n) is 3.65. The molecular formula is C13H16N4S. The standard InChI is InChI=1S/C13H16N4S/c1-13(11-14-7-10-18-11)3-8-17(9-4-13)12-15-5-2-6-16-12/h2,5-7,10H,3-4,8-9H2,1H3. The predicted octanol–water partition coefficient (Wildman–Crippen LogP) is 2.49. The summed E-state index contributed by atoms with van der Waals surface area (Å²) in [4.78, 5) is 15.4. The molecule has 1 fully saturated rings.